The van der Waals surface area contributed by atoms with Gasteiger partial charge in [0.05, 0.1) is 6.20 Å². The third kappa shape index (κ3) is 3.12. The molecule has 0 saturated carbocycles. The first kappa shape index (κ1) is 18.1. The second-order valence-corrected chi connectivity index (χ2v) is 6.20. The van der Waals surface area contributed by atoms with Crippen molar-refractivity contribution in [2.24, 2.45) is 0 Å². The van der Waals surface area contributed by atoms with Crippen molar-refractivity contribution in [3.63, 3.8) is 0 Å². The summed E-state index contributed by atoms with van der Waals surface area (Å²) in [4.78, 5) is 14.8. The molecule has 0 spiro atoms. The van der Waals surface area contributed by atoms with Crippen molar-refractivity contribution in [3.8, 4) is 11.1 Å². The largest absolute Gasteiger partial charge is 0.408 e. The molecule has 146 valence electrons. The van der Waals surface area contributed by atoms with E-state index < -0.39 is 18.6 Å². The van der Waals surface area contributed by atoms with Gasteiger partial charge in [-0.25, -0.2) is 18.7 Å². The third-order valence-electron chi connectivity index (χ3n) is 4.34. The first-order valence-corrected chi connectivity index (χ1v) is 8.17. The van der Waals surface area contributed by atoms with Gasteiger partial charge < -0.3 is 10.3 Å². The molecule has 0 unspecified atom stereocenters. The summed E-state index contributed by atoms with van der Waals surface area (Å²) < 4.78 is 65.6. The maximum atomic E-state index is 13.1. The lowest BCUT2D eigenvalue weighted by molar-refractivity contribution is -0.138. The highest BCUT2D eigenvalue weighted by molar-refractivity contribution is 5.93. The Bertz CT molecular complexity index is 1150. The number of hydrogen-bond acceptors (Lipinski definition) is 4. The van der Waals surface area contributed by atoms with Gasteiger partial charge in [-0.05, 0) is 19.1 Å². The highest BCUT2D eigenvalue weighted by Gasteiger charge is 2.36. The summed E-state index contributed by atoms with van der Waals surface area (Å²) in [6, 6.07) is 1.50. The lowest BCUT2D eigenvalue weighted by Crippen LogP contribution is -2.33. The van der Waals surface area contributed by atoms with Crippen LogP contribution in [0.5, 0.6) is 0 Å². The fourth-order valence-electron chi connectivity index (χ4n) is 2.81. The monoisotopic (exact) mass is 396 g/mol. The van der Waals surface area contributed by atoms with Crippen molar-refractivity contribution >= 4 is 22.6 Å². The van der Waals surface area contributed by atoms with Crippen LogP contribution in [0.25, 0.3) is 27.8 Å². The van der Waals surface area contributed by atoms with Gasteiger partial charge in [-0.1, -0.05) is 0 Å². The normalized spacial score (nSPS) is 13.5. The van der Waals surface area contributed by atoms with E-state index in [1.54, 1.807) is 18.3 Å². The number of halogens is 5. The van der Waals surface area contributed by atoms with E-state index in [4.69, 9.17) is 0 Å². The number of fused-ring (bicyclic) bond motifs is 2. The molecule has 0 radical (unpaired) electrons. The van der Waals surface area contributed by atoms with Crippen molar-refractivity contribution in [2.75, 3.05) is 5.32 Å². The molecule has 0 aliphatic heterocycles. The Morgan fingerprint density at radius 3 is 2.64 bits per heavy atom. The van der Waals surface area contributed by atoms with Crippen LogP contribution in [0.3, 0.4) is 0 Å². The zero-order valence-corrected chi connectivity index (χ0v) is 14.3. The Hall–Kier alpha value is -3.24. The van der Waals surface area contributed by atoms with E-state index in [-0.39, 0.29) is 11.6 Å². The van der Waals surface area contributed by atoms with Crippen LogP contribution in [0.1, 0.15) is 19.0 Å². The Balaban J connectivity index is 1.72. The lowest BCUT2D eigenvalue weighted by atomic mass is 10.1. The smallest absolute Gasteiger partial charge is 0.345 e. The van der Waals surface area contributed by atoms with Crippen LogP contribution >= 0.6 is 0 Å². The highest BCUT2D eigenvalue weighted by Crippen LogP contribution is 2.30. The summed E-state index contributed by atoms with van der Waals surface area (Å²) in [7, 11) is 0. The summed E-state index contributed by atoms with van der Waals surface area (Å²) in [5, 5.41) is 2.75. The number of hydrogen-bond donors (Lipinski definition) is 2. The number of H-pyrrole nitrogens is 1. The Morgan fingerprint density at radius 1 is 1.14 bits per heavy atom. The number of imidazole rings is 1. The predicted octanol–water partition coefficient (Wildman–Crippen LogP) is 4.57. The number of nitrogens with zero attached hydrogens (tertiary/aromatic N) is 4. The molecule has 4 aromatic rings. The minimum Gasteiger partial charge on any atom is -0.345 e. The first-order valence-electron chi connectivity index (χ1n) is 8.17. The molecule has 0 aliphatic rings. The molecular weight excluding hydrogens is 383 g/mol. The Kier molecular flexibility index (Phi) is 4.16. The number of anilines is 1. The van der Waals surface area contributed by atoms with Gasteiger partial charge in [0.25, 0.3) is 6.43 Å². The van der Waals surface area contributed by atoms with E-state index in [1.165, 1.54) is 16.8 Å². The zero-order chi connectivity index (χ0) is 20.1. The van der Waals surface area contributed by atoms with Crippen molar-refractivity contribution in [1.82, 2.24) is 24.3 Å². The average molecular weight is 396 g/mol. The van der Waals surface area contributed by atoms with E-state index in [0.29, 0.717) is 27.8 Å². The minimum absolute atomic E-state index is 0.171. The van der Waals surface area contributed by atoms with Crippen molar-refractivity contribution in [3.05, 3.63) is 42.6 Å². The average Bonchev–Trinajstić information content (AvgIpc) is 3.23. The topological polar surface area (TPSA) is 70.9 Å². The van der Waals surface area contributed by atoms with E-state index in [0.717, 1.165) is 13.1 Å². The fraction of sp³-hybridized carbons (Fsp3) is 0.235. The number of rotatable bonds is 4. The van der Waals surface area contributed by atoms with Crippen LogP contribution in [0.15, 0.2) is 36.9 Å². The standard InChI is InChI=1S/C17H13F5N6/c1-8(17(20,21)22)26-16-25-5-11-10(4-24-15(11)27-16)9-2-3-13-23-6-12(14(18)19)28(13)7-9/h2-8,14H,1H3,(H2,24,25,26,27)/t8-/m0/s1. The van der Waals surface area contributed by atoms with E-state index in [9.17, 15) is 22.0 Å². The van der Waals surface area contributed by atoms with Crippen molar-refractivity contribution < 1.29 is 22.0 Å². The molecule has 11 heteroatoms. The first-order chi connectivity index (χ1) is 13.2. The van der Waals surface area contributed by atoms with Crippen LogP contribution < -0.4 is 5.32 Å². The molecule has 0 saturated heterocycles. The SMILES string of the molecule is C[C@H](Nc1ncc2c(-c3ccc4ncc(C(F)F)n4c3)c[nH]c2n1)C(F)(F)F. The van der Waals surface area contributed by atoms with Crippen LogP contribution in [-0.4, -0.2) is 36.6 Å². The number of alkyl halides is 5. The maximum Gasteiger partial charge on any atom is 0.408 e. The second-order valence-electron chi connectivity index (χ2n) is 6.20. The van der Waals surface area contributed by atoms with Gasteiger partial charge in [0, 0.05) is 35.1 Å². The molecule has 6 nitrogen and oxygen atoms in total. The summed E-state index contributed by atoms with van der Waals surface area (Å²) >= 11 is 0. The molecule has 4 heterocycles. The summed E-state index contributed by atoms with van der Waals surface area (Å²) in [6.45, 7) is 0.967. The molecule has 0 aliphatic carbocycles. The van der Waals surface area contributed by atoms with Gasteiger partial charge in [-0.3, -0.25) is 4.40 Å². The maximum absolute atomic E-state index is 13.1. The molecular formula is C17H13F5N6. The molecule has 0 fully saturated rings. The summed E-state index contributed by atoms with van der Waals surface area (Å²) in [5.74, 6) is -0.171. The second kappa shape index (κ2) is 6.43. The van der Waals surface area contributed by atoms with E-state index >= 15 is 0 Å². The van der Waals surface area contributed by atoms with E-state index in [2.05, 4.69) is 25.3 Å². The zero-order valence-electron chi connectivity index (χ0n) is 14.3. The van der Waals surface area contributed by atoms with Crippen LogP contribution in [0, 0.1) is 0 Å². The van der Waals surface area contributed by atoms with Gasteiger partial charge in [-0.2, -0.15) is 18.2 Å². The van der Waals surface area contributed by atoms with Gasteiger partial charge in [-0.15, -0.1) is 0 Å². The molecule has 4 aromatic heterocycles. The van der Waals surface area contributed by atoms with Gasteiger partial charge in [0.2, 0.25) is 5.95 Å². The summed E-state index contributed by atoms with van der Waals surface area (Å²) in [6.07, 6.45) is -1.50. The molecule has 1 atom stereocenters. The predicted molar refractivity (Wildman–Crippen MR) is 92.2 cm³/mol. The van der Waals surface area contributed by atoms with E-state index in [1.807, 2.05) is 0 Å². The van der Waals surface area contributed by atoms with Gasteiger partial charge in [0.1, 0.15) is 23.0 Å². The van der Waals surface area contributed by atoms with Crippen LogP contribution in [-0.2, 0) is 0 Å². The number of aromatic nitrogens is 5. The molecule has 0 aromatic carbocycles. The molecule has 28 heavy (non-hydrogen) atoms. The quantitative estimate of drug-likeness (QED) is 0.496. The van der Waals surface area contributed by atoms with Crippen LogP contribution in [0.2, 0.25) is 0 Å². The third-order valence-corrected chi connectivity index (χ3v) is 4.34. The van der Waals surface area contributed by atoms with Gasteiger partial charge in [0.15, 0.2) is 0 Å². The fourth-order valence-corrected chi connectivity index (χ4v) is 2.81. The number of nitrogens with one attached hydrogen (secondary N) is 2. The van der Waals surface area contributed by atoms with Crippen molar-refractivity contribution in [2.45, 2.75) is 25.6 Å². The summed E-state index contributed by atoms with van der Waals surface area (Å²) in [5.41, 5.74) is 1.69. The molecule has 0 bridgehead atoms. The minimum atomic E-state index is -4.43. The Morgan fingerprint density at radius 2 is 1.93 bits per heavy atom. The van der Waals surface area contributed by atoms with Gasteiger partial charge >= 0.3 is 6.18 Å². The molecule has 4 rings (SSSR count). The van der Waals surface area contributed by atoms with Crippen molar-refractivity contribution in [1.29, 1.82) is 0 Å². The Labute approximate surface area is 154 Å². The molecule has 0 amide bonds. The number of pyridine rings is 1. The highest BCUT2D eigenvalue weighted by atomic mass is 19.4. The lowest BCUT2D eigenvalue weighted by Gasteiger charge is -2.16. The molecule has 2 N–H and O–H groups in total. The number of aromatic amines is 1. The van der Waals surface area contributed by atoms with Crippen LogP contribution in [0.4, 0.5) is 27.9 Å².